The standard InChI is InChI=1S/C9H8F5NO2/c10-8(11,9(12,13)14)7(15)4-1-2-5(16)6(17)3-4/h1-3,7,16-17H,15H2/t7-/m1/s1. The van der Waals surface area contributed by atoms with E-state index in [-0.39, 0.29) is 0 Å². The molecule has 96 valence electrons. The predicted molar refractivity (Wildman–Crippen MR) is 47.7 cm³/mol. The molecule has 0 bridgehead atoms. The third-order valence-corrected chi connectivity index (χ3v) is 2.13. The van der Waals surface area contributed by atoms with E-state index < -0.39 is 35.2 Å². The van der Waals surface area contributed by atoms with Crippen LogP contribution in [-0.4, -0.2) is 22.3 Å². The molecule has 0 saturated heterocycles. The highest BCUT2D eigenvalue weighted by atomic mass is 19.4. The van der Waals surface area contributed by atoms with Crippen LogP contribution in [0.3, 0.4) is 0 Å². The van der Waals surface area contributed by atoms with E-state index in [1.54, 1.807) is 0 Å². The number of alkyl halides is 5. The number of nitrogens with two attached hydrogens (primary N) is 1. The number of hydrogen-bond donors (Lipinski definition) is 3. The van der Waals surface area contributed by atoms with Crippen molar-refractivity contribution in [3.8, 4) is 11.5 Å². The molecule has 8 heteroatoms. The van der Waals surface area contributed by atoms with Gasteiger partial charge in [-0.25, -0.2) is 0 Å². The SMILES string of the molecule is N[C@H](c1ccc(O)c(O)c1)C(F)(F)C(F)(F)F. The van der Waals surface area contributed by atoms with Gasteiger partial charge in [-0.05, 0) is 17.7 Å². The second-order valence-electron chi connectivity index (χ2n) is 3.35. The Morgan fingerprint density at radius 1 is 1.00 bits per heavy atom. The quantitative estimate of drug-likeness (QED) is 0.562. The molecule has 0 aliphatic carbocycles. The van der Waals surface area contributed by atoms with Gasteiger partial charge in [-0.3, -0.25) is 0 Å². The molecule has 4 N–H and O–H groups in total. The van der Waals surface area contributed by atoms with E-state index in [1.165, 1.54) is 0 Å². The number of rotatable bonds is 2. The van der Waals surface area contributed by atoms with Gasteiger partial charge in [-0.2, -0.15) is 22.0 Å². The van der Waals surface area contributed by atoms with Crippen molar-refractivity contribution in [3.63, 3.8) is 0 Å². The van der Waals surface area contributed by atoms with Crippen molar-refractivity contribution in [2.75, 3.05) is 0 Å². The molecule has 0 aliphatic heterocycles. The molecule has 1 atom stereocenters. The van der Waals surface area contributed by atoms with Gasteiger partial charge >= 0.3 is 12.1 Å². The van der Waals surface area contributed by atoms with Crippen molar-refractivity contribution in [3.05, 3.63) is 23.8 Å². The first-order valence-corrected chi connectivity index (χ1v) is 4.29. The first-order chi connectivity index (χ1) is 7.57. The third-order valence-electron chi connectivity index (χ3n) is 2.13. The minimum Gasteiger partial charge on any atom is -0.504 e. The number of aromatic hydroxyl groups is 2. The van der Waals surface area contributed by atoms with Gasteiger partial charge in [0, 0.05) is 0 Å². The van der Waals surface area contributed by atoms with E-state index in [0.717, 1.165) is 12.1 Å². The Hall–Kier alpha value is -1.57. The first kappa shape index (κ1) is 13.5. The molecule has 3 nitrogen and oxygen atoms in total. The van der Waals surface area contributed by atoms with E-state index in [9.17, 15) is 22.0 Å². The van der Waals surface area contributed by atoms with Crippen LogP contribution in [0, 0.1) is 0 Å². The summed E-state index contributed by atoms with van der Waals surface area (Å²) in [7, 11) is 0. The number of hydrogen-bond acceptors (Lipinski definition) is 3. The molecule has 0 amide bonds. The van der Waals surface area contributed by atoms with Gasteiger partial charge in [-0.15, -0.1) is 0 Å². The molecule has 1 aromatic carbocycles. The highest BCUT2D eigenvalue weighted by molar-refractivity contribution is 5.42. The fraction of sp³-hybridized carbons (Fsp3) is 0.333. The van der Waals surface area contributed by atoms with Crippen LogP contribution in [0.2, 0.25) is 0 Å². The third kappa shape index (κ3) is 2.41. The summed E-state index contributed by atoms with van der Waals surface area (Å²) in [6.07, 6.45) is -5.79. The Labute approximate surface area is 92.3 Å². The maximum atomic E-state index is 12.8. The Balaban J connectivity index is 3.12. The number of phenolic OH excluding ortho intramolecular Hbond substituents is 2. The summed E-state index contributed by atoms with van der Waals surface area (Å²) in [6.45, 7) is 0. The summed E-state index contributed by atoms with van der Waals surface area (Å²) in [5, 5.41) is 17.9. The molecule has 0 saturated carbocycles. The van der Waals surface area contributed by atoms with E-state index in [1.807, 2.05) is 0 Å². The lowest BCUT2D eigenvalue weighted by Crippen LogP contribution is -2.45. The molecule has 1 aromatic rings. The zero-order valence-corrected chi connectivity index (χ0v) is 8.17. The zero-order chi connectivity index (χ0) is 13.4. The van der Waals surface area contributed by atoms with Crippen molar-refractivity contribution in [1.82, 2.24) is 0 Å². The molecule has 0 radical (unpaired) electrons. The summed E-state index contributed by atoms with van der Waals surface area (Å²) in [4.78, 5) is 0. The smallest absolute Gasteiger partial charge is 0.455 e. The van der Waals surface area contributed by atoms with Gasteiger partial charge in [0.15, 0.2) is 11.5 Å². The second-order valence-corrected chi connectivity index (χ2v) is 3.35. The fourth-order valence-electron chi connectivity index (χ4n) is 1.12. The summed E-state index contributed by atoms with van der Waals surface area (Å²) in [5.41, 5.74) is 4.18. The summed E-state index contributed by atoms with van der Waals surface area (Å²) in [5.74, 6) is -6.59. The average molecular weight is 257 g/mol. The molecule has 0 unspecified atom stereocenters. The monoisotopic (exact) mass is 257 g/mol. The molecule has 0 aliphatic rings. The molecular formula is C9H8F5NO2. The Morgan fingerprint density at radius 2 is 1.53 bits per heavy atom. The largest absolute Gasteiger partial charge is 0.504 e. The van der Waals surface area contributed by atoms with Gasteiger partial charge in [0.05, 0.1) is 0 Å². The minimum atomic E-state index is -5.79. The molecule has 1 rings (SSSR count). The van der Waals surface area contributed by atoms with Crippen molar-refractivity contribution in [2.24, 2.45) is 5.73 Å². The summed E-state index contributed by atoms with van der Waals surface area (Å²) in [6, 6.07) is -0.551. The summed E-state index contributed by atoms with van der Waals surface area (Å²) >= 11 is 0. The maximum Gasteiger partial charge on any atom is 0.455 e. The van der Waals surface area contributed by atoms with Crippen LogP contribution >= 0.6 is 0 Å². The van der Waals surface area contributed by atoms with E-state index in [4.69, 9.17) is 15.9 Å². The van der Waals surface area contributed by atoms with Crippen molar-refractivity contribution in [1.29, 1.82) is 0 Å². The average Bonchev–Trinajstić information content (AvgIpc) is 2.19. The van der Waals surface area contributed by atoms with Crippen LogP contribution in [0.5, 0.6) is 11.5 Å². The van der Waals surface area contributed by atoms with Crippen LogP contribution in [0.4, 0.5) is 22.0 Å². The van der Waals surface area contributed by atoms with Gasteiger partial charge in [-0.1, -0.05) is 6.07 Å². The van der Waals surface area contributed by atoms with Crippen LogP contribution in [0.25, 0.3) is 0 Å². The van der Waals surface area contributed by atoms with Gasteiger partial charge in [0.1, 0.15) is 6.04 Å². The van der Waals surface area contributed by atoms with Gasteiger partial charge < -0.3 is 15.9 Å². The number of halogens is 5. The molecule has 0 aromatic heterocycles. The lowest BCUT2D eigenvalue weighted by atomic mass is 10.0. The van der Waals surface area contributed by atoms with Gasteiger partial charge in [0.25, 0.3) is 0 Å². The van der Waals surface area contributed by atoms with Crippen molar-refractivity contribution >= 4 is 0 Å². The van der Waals surface area contributed by atoms with E-state index >= 15 is 0 Å². The van der Waals surface area contributed by atoms with E-state index in [0.29, 0.717) is 6.07 Å². The normalized spacial score (nSPS) is 14.7. The molecule has 0 heterocycles. The van der Waals surface area contributed by atoms with Crippen molar-refractivity contribution in [2.45, 2.75) is 18.1 Å². The fourth-order valence-corrected chi connectivity index (χ4v) is 1.12. The number of phenols is 2. The van der Waals surface area contributed by atoms with Crippen molar-refractivity contribution < 1.29 is 32.2 Å². The Morgan fingerprint density at radius 3 is 1.94 bits per heavy atom. The minimum absolute atomic E-state index is 0.555. The first-order valence-electron chi connectivity index (χ1n) is 4.29. The molecular weight excluding hydrogens is 249 g/mol. The van der Waals surface area contributed by atoms with Crippen LogP contribution < -0.4 is 5.73 Å². The Kier molecular flexibility index (Phi) is 3.19. The number of benzene rings is 1. The van der Waals surface area contributed by atoms with Crippen LogP contribution in [0.15, 0.2) is 18.2 Å². The molecule has 0 spiro atoms. The van der Waals surface area contributed by atoms with E-state index in [2.05, 4.69) is 0 Å². The van der Waals surface area contributed by atoms with Crippen LogP contribution in [0.1, 0.15) is 11.6 Å². The van der Waals surface area contributed by atoms with Crippen LogP contribution in [-0.2, 0) is 0 Å². The topological polar surface area (TPSA) is 66.5 Å². The Bertz CT molecular complexity index is 418. The highest BCUT2D eigenvalue weighted by Crippen LogP contribution is 2.44. The predicted octanol–water partition coefficient (Wildman–Crippen LogP) is 2.30. The maximum absolute atomic E-state index is 12.8. The second kappa shape index (κ2) is 4.02. The summed E-state index contributed by atoms with van der Waals surface area (Å²) < 4.78 is 61.7. The highest BCUT2D eigenvalue weighted by Gasteiger charge is 2.61. The zero-order valence-electron chi connectivity index (χ0n) is 8.17. The lowest BCUT2D eigenvalue weighted by molar-refractivity contribution is -0.291. The molecule has 17 heavy (non-hydrogen) atoms. The molecule has 0 fully saturated rings. The lowest BCUT2D eigenvalue weighted by Gasteiger charge is -2.26. The van der Waals surface area contributed by atoms with Gasteiger partial charge in [0.2, 0.25) is 0 Å².